The summed E-state index contributed by atoms with van der Waals surface area (Å²) in [6, 6.07) is 9.83. The van der Waals surface area contributed by atoms with Crippen LogP contribution in [0.2, 0.25) is 0 Å². The van der Waals surface area contributed by atoms with Gasteiger partial charge in [0.25, 0.3) is 0 Å². The maximum Gasteiger partial charge on any atom is 0.244 e. The second-order valence-corrected chi connectivity index (χ2v) is 11.9. The zero-order valence-corrected chi connectivity index (χ0v) is 24.4. The van der Waals surface area contributed by atoms with E-state index in [4.69, 9.17) is 0 Å². The van der Waals surface area contributed by atoms with Gasteiger partial charge in [-0.15, -0.1) is 0 Å². The van der Waals surface area contributed by atoms with E-state index in [1.165, 1.54) is 0 Å². The average Bonchev–Trinajstić information content (AvgIpc) is 2.94. The van der Waals surface area contributed by atoms with Crippen molar-refractivity contribution in [3.8, 4) is 0 Å². The topological polar surface area (TPSA) is 108 Å². The van der Waals surface area contributed by atoms with Crippen LogP contribution < -0.4 is 16.0 Å². The van der Waals surface area contributed by atoms with Crippen LogP contribution in [0.1, 0.15) is 105 Å². The predicted molar refractivity (Wildman–Crippen MR) is 158 cm³/mol. The number of unbranched alkanes of at least 4 members (excludes halogenated alkanes) is 2. The molecule has 2 amide bonds. The fourth-order valence-electron chi connectivity index (χ4n) is 5.46. The molecule has 4 rings (SSSR count). The highest BCUT2D eigenvalue weighted by Crippen LogP contribution is 2.36. The lowest BCUT2D eigenvalue weighted by molar-refractivity contribution is -0.127. The number of hydrogen-bond donors (Lipinski definition) is 3. The third-order valence-corrected chi connectivity index (χ3v) is 8.19. The van der Waals surface area contributed by atoms with Gasteiger partial charge in [-0.05, 0) is 78.7 Å². The molecule has 8 nitrogen and oxygen atoms in total. The Labute approximate surface area is 237 Å². The van der Waals surface area contributed by atoms with Crippen molar-refractivity contribution < 1.29 is 19.2 Å². The molecular weight excluding hydrogens is 504 g/mol. The van der Waals surface area contributed by atoms with Gasteiger partial charge < -0.3 is 16.0 Å². The molecular formula is C32H42N4O4. The molecule has 1 saturated heterocycles. The van der Waals surface area contributed by atoms with Crippen molar-refractivity contribution >= 4 is 34.8 Å². The summed E-state index contributed by atoms with van der Waals surface area (Å²) >= 11 is 0. The van der Waals surface area contributed by atoms with Crippen molar-refractivity contribution in [2.45, 2.75) is 84.2 Å². The zero-order valence-electron chi connectivity index (χ0n) is 24.4. The van der Waals surface area contributed by atoms with Crippen molar-refractivity contribution in [3.05, 3.63) is 58.7 Å². The number of benzene rings is 2. The SMILES string of the molecule is CCCCCNC(C)(C)C(=O)Nc1cccc2c1C(=O)c1cccc(NC(=O)C(C)(C)N3CCCCC3)c1C2=O. The van der Waals surface area contributed by atoms with E-state index in [2.05, 4.69) is 27.8 Å². The molecule has 8 heteroatoms. The lowest BCUT2D eigenvalue weighted by Crippen LogP contribution is -2.54. The molecule has 0 atom stereocenters. The molecule has 1 fully saturated rings. The monoisotopic (exact) mass is 546 g/mol. The number of fused-ring (bicyclic) bond motifs is 2. The van der Waals surface area contributed by atoms with Crippen molar-refractivity contribution in [1.29, 1.82) is 0 Å². The van der Waals surface area contributed by atoms with Crippen LogP contribution >= 0.6 is 0 Å². The molecule has 0 bridgehead atoms. The van der Waals surface area contributed by atoms with Gasteiger partial charge in [-0.2, -0.15) is 0 Å². The Morgan fingerprint density at radius 1 is 0.775 bits per heavy atom. The molecule has 2 aromatic carbocycles. The van der Waals surface area contributed by atoms with Crippen LogP contribution in [0.25, 0.3) is 0 Å². The number of anilines is 2. The summed E-state index contributed by atoms with van der Waals surface area (Å²) in [7, 11) is 0. The molecule has 1 aliphatic heterocycles. The molecule has 40 heavy (non-hydrogen) atoms. The molecule has 3 N–H and O–H groups in total. The third kappa shape index (κ3) is 5.88. The molecule has 214 valence electrons. The fourth-order valence-corrected chi connectivity index (χ4v) is 5.46. The quantitative estimate of drug-likeness (QED) is 0.303. The minimum atomic E-state index is -0.866. The standard InChI is InChI=1S/C32H42N4O4/c1-6-7-9-18-33-31(2,3)29(39)34-23-16-12-14-21-25(23)27(37)22-15-13-17-24(26(22)28(21)38)35-30(40)32(4,5)36-19-10-8-11-20-36/h12-17,33H,6-11,18-20H2,1-5H3,(H,34,39)(H,35,40). The summed E-state index contributed by atoms with van der Waals surface area (Å²) in [5, 5.41) is 9.12. The van der Waals surface area contributed by atoms with E-state index in [1.54, 1.807) is 50.2 Å². The van der Waals surface area contributed by atoms with E-state index in [0.29, 0.717) is 17.9 Å². The highest BCUT2D eigenvalue weighted by atomic mass is 16.2. The number of piperidine rings is 1. The molecule has 1 heterocycles. The number of carbonyl (C=O) groups excluding carboxylic acids is 4. The second-order valence-electron chi connectivity index (χ2n) is 11.9. The molecule has 2 aromatic rings. The first kappa shape index (κ1) is 29.6. The van der Waals surface area contributed by atoms with E-state index >= 15 is 0 Å². The first-order valence-corrected chi connectivity index (χ1v) is 14.5. The molecule has 0 spiro atoms. The van der Waals surface area contributed by atoms with E-state index in [1.807, 2.05) is 13.8 Å². The number of nitrogens with one attached hydrogen (secondary N) is 3. The Hall–Kier alpha value is -3.36. The van der Waals surface area contributed by atoms with Crippen LogP contribution in [0.3, 0.4) is 0 Å². The summed E-state index contributed by atoms with van der Waals surface area (Å²) in [6.07, 6.45) is 6.38. The van der Waals surface area contributed by atoms with E-state index in [-0.39, 0.29) is 45.6 Å². The predicted octanol–water partition coefficient (Wildman–Crippen LogP) is 5.16. The number of ketones is 2. The van der Waals surface area contributed by atoms with Crippen LogP contribution in [0.4, 0.5) is 11.4 Å². The number of amides is 2. The average molecular weight is 547 g/mol. The van der Waals surface area contributed by atoms with E-state index in [0.717, 1.165) is 51.6 Å². The summed E-state index contributed by atoms with van der Waals surface area (Å²) in [4.78, 5) is 56.4. The summed E-state index contributed by atoms with van der Waals surface area (Å²) < 4.78 is 0. The second kappa shape index (κ2) is 12.0. The van der Waals surface area contributed by atoms with Gasteiger partial charge in [0, 0.05) is 11.1 Å². The van der Waals surface area contributed by atoms with Crippen molar-refractivity contribution in [3.63, 3.8) is 0 Å². The van der Waals surface area contributed by atoms with Crippen molar-refractivity contribution in [2.75, 3.05) is 30.3 Å². The minimum absolute atomic E-state index is 0.173. The van der Waals surface area contributed by atoms with Gasteiger partial charge in [0.05, 0.1) is 33.6 Å². The van der Waals surface area contributed by atoms with Gasteiger partial charge in [-0.3, -0.25) is 24.1 Å². The molecule has 0 aromatic heterocycles. The number of likely N-dealkylation sites (tertiary alicyclic amines) is 1. The summed E-state index contributed by atoms with van der Waals surface area (Å²) in [6.45, 7) is 11.9. The summed E-state index contributed by atoms with van der Waals surface area (Å²) in [5.41, 5.74) is -0.229. The number of hydrogen-bond acceptors (Lipinski definition) is 6. The van der Waals surface area contributed by atoms with E-state index < -0.39 is 11.1 Å². The van der Waals surface area contributed by atoms with Crippen molar-refractivity contribution in [2.24, 2.45) is 0 Å². The first-order valence-electron chi connectivity index (χ1n) is 14.5. The normalized spacial score (nSPS) is 15.8. The Balaban J connectivity index is 1.59. The zero-order chi connectivity index (χ0) is 29.1. The highest BCUT2D eigenvalue weighted by Gasteiger charge is 2.38. The minimum Gasteiger partial charge on any atom is -0.324 e. The van der Waals surface area contributed by atoms with Gasteiger partial charge in [-0.25, -0.2) is 0 Å². The Morgan fingerprint density at radius 3 is 1.82 bits per heavy atom. The first-order chi connectivity index (χ1) is 19.0. The highest BCUT2D eigenvalue weighted by molar-refractivity contribution is 6.32. The molecule has 2 aliphatic rings. The number of carbonyl (C=O) groups is 4. The maximum absolute atomic E-state index is 13.8. The Kier molecular flexibility index (Phi) is 8.90. The van der Waals surface area contributed by atoms with Gasteiger partial charge in [0.2, 0.25) is 11.8 Å². The largest absolute Gasteiger partial charge is 0.324 e. The molecule has 0 unspecified atom stereocenters. The summed E-state index contributed by atoms with van der Waals surface area (Å²) in [5.74, 6) is -1.22. The van der Waals surface area contributed by atoms with E-state index in [9.17, 15) is 19.2 Å². The van der Waals surface area contributed by atoms with Gasteiger partial charge in [-0.1, -0.05) is 50.5 Å². The smallest absolute Gasteiger partial charge is 0.244 e. The van der Waals surface area contributed by atoms with Crippen LogP contribution in [-0.2, 0) is 9.59 Å². The maximum atomic E-state index is 13.8. The Morgan fingerprint density at radius 2 is 1.30 bits per heavy atom. The van der Waals surface area contributed by atoms with Crippen molar-refractivity contribution in [1.82, 2.24) is 10.2 Å². The van der Waals surface area contributed by atoms with Crippen LogP contribution in [-0.4, -0.2) is 59.0 Å². The van der Waals surface area contributed by atoms with Gasteiger partial charge in [0.1, 0.15) is 0 Å². The van der Waals surface area contributed by atoms with Gasteiger partial charge >= 0.3 is 0 Å². The van der Waals surface area contributed by atoms with Gasteiger partial charge in [0.15, 0.2) is 11.6 Å². The van der Waals surface area contributed by atoms with Crippen LogP contribution in [0, 0.1) is 0 Å². The third-order valence-electron chi connectivity index (χ3n) is 8.19. The lowest BCUT2D eigenvalue weighted by atomic mass is 9.82. The Bertz CT molecular complexity index is 1310. The molecule has 0 radical (unpaired) electrons. The lowest BCUT2D eigenvalue weighted by Gasteiger charge is -2.39. The number of rotatable bonds is 10. The molecule has 1 aliphatic carbocycles. The molecule has 0 saturated carbocycles. The fraction of sp³-hybridized carbons (Fsp3) is 0.500. The van der Waals surface area contributed by atoms with Crippen LogP contribution in [0.15, 0.2) is 36.4 Å². The number of nitrogens with zero attached hydrogens (tertiary/aromatic N) is 1. The van der Waals surface area contributed by atoms with Crippen LogP contribution in [0.5, 0.6) is 0 Å².